The summed E-state index contributed by atoms with van der Waals surface area (Å²) in [6, 6.07) is 33.8. The average Bonchev–Trinajstić information content (AvgIpc) is 3.32. The van der Waals surface area contributed by atoms with Gasteiger partial charge in [-0.05, 0) is 47.3 Å². The third-order valence-electron chi connectivity index (χ3n) is 6.96. The maximum atomic E-state index is 8.27. The number of aryl methyl sites for hydroxylation is 1. The zero-order valence-electron chi connectivity index (χ0n) is 22.7. The van der Waals surface area contributed by atoms with Crippen LogP contribution in [0, 0.1) is 6.85 Å². The first-order chi connectivity index (χ1) is 18.2. The van der Waals surface area contributed by atoms with E-state index in [0.717, 1.165) is 33.0 Å². The summed E-state index contributed by atoms with van der Waals surface area (Å²) in [6.07, 6.45) is 1.67. The number of rotatable bonds is 4. The quantitative estimate of drug-likeness (QED) is 0.265. The van der Waals surface area contributed by atoms with Crippen molar-refractivity contribution in [3.8, 4) is 22.4 Å². The fraction of sp³-hybridized carbons (Fsp3) is 0.121. The Morgan fingerprint density at radius 1 is 0.771 bits per heavy atom. The second-order valence-corrected chi connectivity index (χ2v) is 9.44. The van der Waals surface area contributed by atoms with Gasteiger partial charge in [-0.15, -0.1) is 0 Å². The first-order valence-electron chi connectivity index (χ1n) is 13.3. The summed E-state index contributed by atoms with van der Waals surface area (Å²) in [5.41, 5.74) is 6.60. The van der Waals surface area contributed by atoms with E-state index in [1.54, 1.807) is 12.3 Å². The van der Waals surface area contributed by atoms with E-state index in [4.69, 9.17) is 13.5 Å². The maximum Gasteiger partial charge on any atom is 0.145 e. The van der Waals surface area contributed by atoms with E-state index in [2.05, 4.69) is 50.2 Å². The number of pyridine rings is 1. The van der Waals surface area contributed by atoms with Crippen molar-refractivity contribution < 1.29 is 8.53 Å². The monoisotopic (exact) mass is 456 g/mol. The van der Waals surface area contributed by atoms with Crippen molar-refractivity contribution in [2.45, 2.75) is 26.1 Å². The van der Waals surface area contributed by atoms with Gasteiger partial charge >= 0.3 is 0 Å². The van der Waals surface area contributed by atoms with Gasteiger partial charge in [-0.3, -0.25) is 4.98 Å². The van der Waals surface area contributed by atoms with Crippen LogP contribution in [0.1, 0.15) is 34.7 Å². The molecule has 0 N–H and O–H groups in total. The first-order valence-corrected chi connectivity index (χ1v) is 11.8. The third-order valence-corrected chi connectivity index (χ3v) is 6.96. The number of fused-ring (bicyclic) bond motifs is 3. The number of benzene rings is 4. The summed E-state index contributed by atoms with van der Waals surface area (Å²) in [7, 11) is 0. The van der Waals surface area contributed by atoms with Crippen molar-refractivity contribution in [1.82, 2.24) is 4.98 Å². The zero-order valence-corrected chi connectivity index (χ0v) is 19.7. The number of hydrogen-bond donors (Lipinski definition) is 0. The molecule has 0 aliphatic carbocycles. The molecule has 0 saturated heterocycles. The molecule has 0 saturated carbocycles. The van der Waals surface area contributed by atoms with Crippen molar-refractivity contribution in [2.75, 3.05) is 0 Å². The lowest BCUT2D eigenvalue weighted by atomic mass is 9.76. The molecule has 0 amide bonds. The fourth-order valence-corrected chi connectivity index (χ4v) is 5.01. The summed E-state index contributed by atoms with van der Waals surface area (Å²) in [5, 5.41) is 2.05. The molecule has 2 heteroatoms. The lowest BCUT2D eigenvalue weighted by Gasteiger charge is -2.27. The Labute approximate surface area is 210 Å². The molecule has 6 aromatic rings. The molecule has 0 aliphatic rings. The molecule has 0 unspecified atom stereocenters. The second kappa shape index (κ2) is 8.25. The predicted octanol–water partition coefficient (Wildman–Crippen LogP) is 8.95. The standard InChI is InChI=1S/C33H27NO/c1-22-20-29(34-21-27(22)23-12-6-4-7-13-23)25-18-19-28(33(2,3)24-14-8-5-9-15-24)31-26-16-10-11-17-30(26)35-32(25)31/h4-21H,1-3H3/i1D3. The van der Waals surface area contributed by atoms with Gasteiger partial charge in [0.05, 0.1) is 5.69 Å². The highest BCUT2D eigenvalue weighted by Crippen LogP contribution is 2.44. The van der Waals surface area contributed by atoms with Crippen LogP contribution in [-0.4, -0.2) is 4.98 Å². The first kappa shape index (κ1) is 18.2. The molecule has 35 heavy (non-hydrogen) atoms. The maximum absolute atomic E-state index is 8.27. The molecule has 0 bridgehead atoms. The van der Waals surface area contributed by atoms with Crippen molar-refractivity contribution in [3.05, 3.63) is 126 Å². The highest BCUT2D eigenvalue weighted by Gasteiger charge is 2.28. The molecular weight excluding hydrogens is 426 g/mol. The Bertz CT molecular complexity index is 1770. The van der Waals surface area contributed by atoms with Crippen LogP contribution in [-0.2, 0) is 5.41 Å². The minimum absolute atomic E-state index is 0.270. The Balaban J connectivity index is 1.62. The van der Waals surface area contributed by atoms with Crippen LogP contribution in [0.4, 0.5) is 0 Å². The van der Waals surface area contributed by atoms with Crippen LogP contribution in [0.15, 0.2) is 114 Å². The van der Waals surface area contributed by atoms with Gasteiger partial charge in [0.2, 0.25) is 0 Å². The van der Waals surface area contributed by atoms with E-state index in [9.17, 15) is 0 Å². The van der Waals surface area contributed by atoms with E-state index in [1.807, 2.05) is 60.7 Å². The number of para-hydroxylation sites is 1. The smallest absolute Gasteiger partial charge is 0.145 e. The molecule has 2 heterocycles. The molecular formula is C33H27NO. The van der Waals surface area contributed by atoms with Gasteiger partial charge in [0.1, 0.15) is 11.2 Å². The number of hydrogen-bond acceptors (Lipinski definition) is 2. The van der Waals surface area contributed by atoms with Gasteiger partial charge in [-0.25, -0.2) is 0 Å². The van der Waals surface area contributed by atoms with Gasteiger partial charge in [-0.2, -0.15) is 0 Å². The van der Waals surface area contributed by atoms with Crippen LogP contribution in [0.5, 0.6) is 0 Å². The summed E-state index contributed by atoms with van der Waals surface area (Å²) >= 11 is 0. The Morgan fingerprint density at radius 3 is 2.26 bits per heavy atom. The Morgan fingerprint density at radius 2 is 1.49 bits per heavy atom. The van der Waals surface area contributed by atoms with Crippen LogP contribution in [0.25, 0.3) is 44.3 Å². The van der Waals surface area contributed by atoms with Gasteiger partial charge in [-0.1, -0.05) is 98.8 Å². The number of nitrogens with zero attached hydrogens (tertiary/aromatic N) is 1. The molecule has 0 fully saturated rings. The molecule has 0 atom stereocenters. The molecule has 4 aromatic carbocycles. The zero-order chi connectivity index (χ0) is 26.5. The largest absolute Gasteiger partial charge is 0.455 e. The van der Waals surface area contributed by atoms with Crippen LogP contribution in [0.2, 0.25) is 0 Å². The molecule has 6 rings (SSSR count). The van der Waals surface area contributed by atoms with Crippen LogP contribution < -0.4 is 0 Å². The second-order valence-electron chi connectivity index (χ2n) is 9.44. The van der Waals surface area contributed by atoms with Gasteiger partial charge in [0, 0.05) is 37.6 Å². The SMILES string of the molecule is [2H]C([2H])([2H])c1cc(-c2ccc(C(C)(C)c3ccccc3)c3c2oc2ccccc23)ncc1-c1ccccc1. The summed E-state index contributed by atoms with van der Waals surface area (Å²) in [4.78, 5) is 4.76. The van der Waals surface area contributed by atoms with Crippen molar-refractivity contribution in [3.63, 3.8) is 0 Å². The molecule has 0 spiro atoms. The third kappa shape index (κ3) is 3.54. The topological polar surface area (TPSA) is 26.0 Å². The molecule has 170 valence electrons. The Kier molecular flexibility index (Phi) is 4.29. The van der Waals surface area contributed by atoms with E-state index in [-0.39, 0.29) is 11.0 Å². The summed E-state index contributed by atoms with van der Waals surface area (Å²) in [5.74, 6) is 0. The van der Waals surface area contributed by atoms with E-state index in [1.165, 1.54) is 5.56 Å². The van der Waals surface area contributed by atoms with Crippen LogP contribution in [0.3, 0.4) is 0 Å². The average molecular weight is 457 g/mol. The molecule has 2 nitrogen and oxygen atoms in total. The van der Waals surface area contributed by atoms with E-state index in [0.29, 0.717) is 16.8 Å². The predicted molar refractivity (Wildman–Crippen MR) is 146 cm³/mol. The van der Waals surface area contributed by atoms with Gasteiger partial charge in [0.25, 0.3) is 0 Å². The highest BCUT2D eigenvalue weighted by atomic mass is 16.3. The lowest BCUT2D eigenvalue weighted by molar-refractivity contribution is 0.642. The molecule has 2 aromatic heterocycles. The normalized spacial score (nSPS) is 13.5. The summed E-state index contributed by atoms with van der Waals surface area (Å²) < 4.78 is 31.3. The molecule has 0 radical (unpaired) electrons. The van der Waals surface area contributed by atoms with Crippen molar-refractivity contribution in [1.29, 1.82) is 0 Å². The minimum Gasteiger partial charge on any atom is -0.455 e. The van der Waals surface area contributed by atoms with Crippen LogP contribution >= 0.6 is 0 Å². The minimum atomic E-state index is -2.30. The van der Waals surface area contributed by atoms with Gasteiger partial charge < -0.3 is 4.42 Å². The van der Waals surface area contributed by atoms with Gasteiger partial charge in [0.15, 0.2) is 0 Å². The Hall–Kier alpha value is -4.17. The number of aromatic nitrogens is 1. The van der Waals surface area contributed by atoms with Crippen molar-refractivity contribution >= 4 is 21.9 Å². The summed E-state index contributed by atoms with van der Waals surface area (Å²) in [6.45, 7) is 2.14. The molecule has 0 aliphatic heterocycles. The van der Waals surface area contributed by atoms with E-state index < -0.39 is 6.85 Å². The van der Waals surface area contributed by atoms with Crippen molar-refractivity contribution in [2.24, 2.45) is 0 Å². The lowest BCUT2D eigenvalue weighted by Crippen LogP contribution is -2.19. The van der Waals surface area contributed by atoms with E-state index >= 15 is 0 Å². The highest BCUT2D eigenvalue weighted by molar-refractivity contribution is 6.11. The fourth-order valence-electron chi connectivity index (χ4n) is 5.01. The number of furan rings is 1.